The molecule has 1 aliphatic rings. The quantitative estimate of drug-likeness (QED) is 0.239. The van der Waals surface area contributed by atoms with Gasteiger partial charge in [0.2, 0.25) is 0 Å². The highest BCUT2D eigenvalue weighted by Gasteiger charge is 2.16. The zero-order chi connectivity index (χ0) is 23.7. The number of ether oxygens (including phenoxy) is 1. The summed E-state index contributed by atoms with van der Waals surface area (Å²) < 4.78 is 10.9. The van der Waals surface area contributed by atoms with Crippen molar-refractivity contribution in [3.63, 3.8) is 0 Å². The highest BCUT2D eigenvalue weighted by Crippen LogP contribution is 2.37. The van der Waals surface area contributed by atoms with E-state index < -0.39 is 8.60 Å². The van der Waals surface area contributed by atoms with Crippen LogP contribution in [0.1, 0.15) is 49.1 Å². The Morgan fingerprint density at radius 2 is 1.76 bits per heavy atom. The minimum atomic E-state index is -2.51. The molecular weight excluding hydrogens is 471 g/mol. The topological polar surface area (TPSA) is 87.6 Å². The molecule has 0 saturated heterocycles. The van der Waals surface area contributed by atoms with E-state index in [1.807, 2.05) is 19.1 Å². The Hall–Kier alpha value is -2.63. The molecule has 5 rings (SSSR count). The van der Waals surface area contributed by atoms with E-state index in [-0.39, 0.29) is 0 Å². The average Bonchev–Trinajstić information content (AvgIpc) is 3.22. The largest absolute Gasteiger partial charge is 0.427 e. The summed E-state index contributed by atoms with van der Waals surface area (Å²) in [5, 5.41) is 0.637. The second-order valence-corrected chi connectivity index (χ2v) is 9.82. The van der Waals surface area contributed by atoms with Crippen molar-refractivity contribution in [3.05, 3.63) is 70.7 Å². The third-order valence-corrected chi connectivity index (χ3v) is 7.07. The molecule has 1 fully saturated rings. The number of hydrogen-bond acceptors (Lipinski definition) is 5. The minimum Gasteiger partial charge on any atom is -0.427 e. The monoisotopic (exact) mass is 496 g/mol. The molecule has 0 aliphatic heterocycles. The van der Waals surface area contributed by atoms with Gasteiger partial charge in [-0.05, 0) is 60.6 Å². The van der Waals surface area contributed by atoms with Gasteiger partial charge in [0.05, 0.1) is 16.1 Å². The van der Waals surface area contributed by atoms with E-state index in [4.69, 9.17) is 30.6 Å². The number of halogens is 1. The van der Waals surface area contributed by atoms with Crippen molar-refractivity contribution in [1.29, 1.82) is 0 Å². The number of nitrogens with one attached hydrogen (secondary N) is 1. The summed E-state index contributed by atoms with van der Waals surface area (Å²) in [6.07, 6.45) is 6.54. The third kappa shape index (κ3) is 5.06. The molecule has 8 heteroatoms. The van der Waals surface area contributed by atoms with Gasteiger partial charge in [0.25, 0.3) is 6.01 Å². The lowest BCUT2D eigenvalue weighted by molar-refractivity contribution is 0.372. The van der Waals surface area contributed by atoms with Crippen molar-refractivity contribution in [1.82, 2.24) is 9.97 Å². The first-order chi connectivity index (χ1) is 16.5. The van der Waals surface area contributed by atoms with Gasteiger partial charge >= 0.3 is 8.60 Å². The third-order valence-electron chi connectivity index (χ3n) is 6.40. The molecule has 0 atom stereocenters. The lowest BCUT2D eigenvalue weighted by atomic mass is 9.84. The van der Waals surface area contributed by atoms with Crippen molar-refractivity contribution in [3.8, 4) is 28.6 Å². The summed E-state index contributed by atoms with van der Waals surface area (Å²) in [5.74, 6) is 1.47. The van der Waals surface area contributed by atoms with Crippen LogP contribution in [0.25, 0.3) is 22.2 Å². The van der Waals surface area contributed by atoms with E-state index in [9.17, 15) is 0 Å². The van der Waals surface area contributed by atoms with Crippen LogP contribution in [0.3, 0.4) is 0 Å². The number of H-pyrrole nitrogens is 1. The molecule has 0 bridgehead atoms. The van der Waals surface area contributed by atoms with Gasteiger partial charge in [-0.25, -0.2) is 0 Å². The van der Waals surface area contributed by atoms with Crippen LogP contribution in [0.5, 0.6) is 17.5 Å². The number of hydrogen-bond donors (Lipinski definition) is 3. The number of rotatable bonds is 6. The summed E-state index contributed by atoms with van der Waals surface area (Å²) in [4.78, 5) is 26.0. The second kappa shape index (κ2) is 9.93. The van der Waals surface area contributed by atoms with Crippen molar-refractivity contribution in [2.75, 3.05) is 0 Å². The first-order valence-corrected chi connectivity index (χ1v) is 12.9. The summed E-state index contributed by atoms with van der Waals surface area (Å²) in [6, 6.07) is 18.0. The van der Waals surface area contributed by atoms with Crippen LogP contribution in [0.2, 0.25) is 5.02 Å². The number of fused-ring (bicyclic) bond motifs is 1. The Kier molecular flexibility index (Phi) is 6.75. The molecule has 1 heterocycles. The zero-order valence-electron chi connectivity index (χ0n) is 18.8. The van der Waals surface area contributed by atoms with Crippen molar-refractivity contribution in [2.24, 2.45) is 0 Å². The molecule has 1 aliphatic carbocycles. The van der Waals surface area contributed by atoms with Gasteiger partial charge in [0.15, 0.2) is 0 Å². The van der Waals surface area contributed by atoms with Crippen LogP contribution in [-0.4, -0.2) is 19.8 Å². The first kappa shape index (κ1) is 23.1. The number of imidazole rings is 1. The Morgan fingerprint density at radius 3 is 2.50 bits per heavy atom. The summed E-state index contributed by atoms with van der Waals surface area (Å²) in [5.41, 5.74) is 5.66. The van der Waals surface area contributed by atoms with Crippen LogP contribution in [0, 0.1) is 6.92 Å². The molecule has 6 nitrogen and oxygen atoms in total. The minimum absolute atomic E-state index is 0.306. The maximum Gasteiger partial charge on any atom is 0.391 e. The van der Waals surface area contributed by atoms with E-state index in [1.54, 1.807) is 18.2 Å². The molecule has 3 aromatic carbocycles. The SMILES string of the molecule is Cc1ccc(Oc2nc3cc(-c4ccc(C5CCCCC5)cc4)c(Cl)cc3[nH]2)cc1OP(O)O. The van der Waals surface area contributed by atoms with Gasteiger partial charge < -0.3 is 24.0 Å². The Bertz CT molecular complexity index is 1300. The predicted octanol–water partition coefficient (Wildman–Crippen LogP) is 7.62. The number of nitrogens with zero attached hydrogens (tertiary/aromatic N) is 1. The van der Waals surface area contributed by atoms with E-state index in [0.717, 1.165) is 27.7 Å². The standard InChI is InChI=1S/C26H26ClN2O4P/c1-16-7-12-20(13-25(16)33-34(30)31)32-26-28-23-14-21(22(27)15-24(23)29-26)19-10-8-18(9-11-19)17-5-3-2-4-6-17/h7-15,17,30-31H,2-6H2,1H3,(H,28,29). The van der Waals surface area contributed by atoms with Gasteiger partial charge in [-0.1, -0.05) is 61.2 Å². The Balaban J connectivity index is 1.39. The van der Waals surface area contributed by atoms with Crippen LogP contribution in [-0.2, 0) is 0 Å². The molecule has 0 radical (unpaired) electrons. The van der Waals surface area contributed by atoms with Crippen LogP contribution < -0.4 is 9.26 Å². The average molecular weight is 497 g/mol. The van der Waals surface area contributed by atoms with Crippen molar-refractivity contribution < 1.29 is 19.0 Å². The predicted molar refractivity (Wildman–Crippen MR) is 136 cm³/mol. The number of aromatic amines is 1. The Labute approximate surface area is 204 Å². The van der Waals surface area contributed by atoms with Gasteiger partial charge in [0, 0.05) is 11.6 Å². The number of aromatic nitrogens is 2. The molecule has 4 aromatic rings. The van der Waals surface area contributed by atoms with E-state index >= 15 is 0 Å². The van der Waals surface area contributed by atoms with Crippen LogP contribution >= 0.6 is 20.2 Å². The lowest BCUT2D eigenvalue weighted by Crippen LogP contribution is -2.04. The molecule has 34 heavy (non-hydrogen) atoms. The van der Waals surface area contributed by atoms with Crippen molar-refractivity contribution in [2.45, 2.75) is 44.9 Å². The number of aryl methyl sites for hydroxylation is 1. The Morgan fingerprint density at radius 1 is 1.00 bits per heavy atom. The summed E-state index contributed by atoms with van der Waals surface area (Å²) in [6.45, 7) is 1.81. The fourth-order valence-electron chi connectivity index (χ4n) is 4.59. The molecule has 1 aromatic heterocycles. The van der Waals surface area contributed by atoms with E-state index in [1.165, 1.54) is 37.7 Å². The smallest absolute Gasteiger partial charge is 0.391 e. The van der Waals surface area contributed by atoms with Gasteiger partial charge in [0.1, 0.15) is 11.5 Å². The number of benzene rings is 3. The molecule has 3 N–H and O–H groups in total. The first-order valence-electron chi connectivity index (χ1n) is 11.4. The normalized spacial score (nSPS) is 14.6. The maximum absolute atomic E-state index is 9.16. The molecular formula is C26H26ClN2O4P. The molecule has 0 amide bonds. The molecule has 0 spiro atoms. The zero-order valence-corrected chi connectivity index (χ0v) is 20.4. The second-order valence-electron chi connectivity index (χ2n) is 8.72. The van der Waals surface area contributed by atoms with Crippen LogP contribution in [0.4, 0.5) is 0 Å². The molecule has 0 unspecified atom stereocenters. The molecule has 1 saturated carbocycles. The summed E-state index contributed by atoms with van der Waals surface area (Å²) >= 11 is 6.63. The van der Waals surface area contributed by atoms with Crippen LogP contribution in [0.15, 0.2) is 54.6 Å². The van der Waals surface area contributed by atoms with E-state index in [0.29, 0.717) is 28.5 Å². The fourth-order valence-corrected chi connectivity index (χ4v) is 5.23. The van der Waals surface area contributed by atoms with Gasteiger partial charge in [-0.15, -0.1) is 0 Å². The van der Waals surface area contributed by atoms with E-state index in [2.05, 4.69) is 34.2 Å². The fraction of sp³-hybridized carbons (Fsp3) is 0.269. The highest BCUT2D eigenvalue weighted by atomic mass is 35.5. The van der Waals surface area contributed by atoms with Gasteiger partial charge in [-0.3, -0.25) is 0 Å². The van der Waals surface area contributed by atoms with Crippen molar-refractivity contribution >= 4 is 31.2 Å². The highest BCUT2D eigenvalue weighted by molar-refractivity contribution is 7.39. The maximum atomic E-state index is 9.16. The van der Waals surface area contributed by atoms with Gasteiger partial charge in [-0.2, -0.15) is 4.98 Å². The molecule has 176 valence electrons. The lowest BCUT2D eigenvalue weighted by Gasteiger charge is -2.22. The summed E-state index contributed by atoms with van der Waals surface area (Å²) in [7, 11) is -2.51.